The fourth-order valence-electron chi connectivity index (χ4n) is 3.06. The van der Waals surface area contributed by atoms with Crippen LogP contribution in [0.2, 0.25) is 0 Å². The predicted octanol–water partition coefficient (Wildman–Crippen LogP) is 3.00. The molecule has 6 heteroatoms. The van der Waals surface area contributed by atoms with Gasteiger partial charge in [0.25, 0.3) is 5.91 Å². The highest BCUT2D eigenvalue weighted by atomic mass is 32.1. The van der Waals surface area contributed by atoms with Crippen LogP contribution in [0.5, 0.6) is 0 Å². The Morgan fingerprint density at radius 3 is 2.86 bits per heavy atom. The number of carbonyl (C=O) groups is 1. The Bertz CT molecular complexity index is 675. The Balaban J connectivity index is 1.75. The summed E-state index contributed by atoms with van der Waals surface area (Å²) in [5, 5.41) is 4.49. The fourth-order valence-corrected chi connectivity index (χ4v) is 3.97. The average molecular weight is 318 g/mol. The number of hydrogen-bond donors (Lipinski definition) is 0. The first-order valence-electron chi connectivity index (χ1n) is 7.86. The van der Waals surface area contributed by atoms with Crippen molar-refractivity contribution >= 4 is 17.2 Å². The van der Waals surface area contributed by atoms with Gasteiger partial charge in [0, 0.05) is 18.0 Å². The Hall–Kier alpha value is -1.69. The van der Waals surface area contributed by atoms with E-state index in [0.717, 1.165) is 48.9 Å². The van der Waals surface area contributed by atoms with Crippen molar-refractivity contribution in [3.63, 3.8) is 0 Å². The monoisotopic (exact) mass is 318 g/mol. The summed E-state index contributed by atoms with van der Waals surface area (Å²) in [7, 11) is 0. The van der Waals surface area contributed by atoms with E-state index in [1.54, 1.807) is 11.3 Å². The molecule has 1 aliphatic rings. The fraction of sp³-hybridized carbons (Fsp3) is 0.562. The summed E-state index contributed by atoms with van der Waals surface area (Å²) in [5.41, 5.74) is 0. The van der Waals surface area contributed by atoms with Gasteiger partial charge in [-0.25, -0.2) is 9.67 Å². The van der Waals surface area contributed by atoms with E-state index in [-0.39, 0.29) is 11.9 Å². The van der Waals surface area contributed by atoms with E-state index in [4.69, 9.17) is 0 Å². The van der Waals surface area contributed by atoms with Crippen LogP contribution in [0.25, 0.3) is 0 Å². The molecule has 1 unspecified atom stereocenters. The van der Waals surface area contributed by atoms with Crippen molar-refractivity contribution in [2.45, 2.75) is 46.1 Å². The van der Waals surface area contributed by atoms with Crippen LogP contribution in [0.15, 0.2) is 12.1 Å². The third-order valence-electron chi connectivity index (χ3n) is 4.16. The van der Waals surface area contributed by atoms with E-state index in [9.17, 15) is 4.79 Å². The Labute approximate surface area is 135 Å². The minimum Gasteiger partial charge on any atom is -0.336 e. The largest absolute Gasteiger partial charge is 0.336 e. The molecule has 1 atom stereocenters. The number of hydrogen-bond acceptors (Lipinski definition) is 4. The topological polar surface area (TPSA) is 51.0 Å². The van der Waals surface area contributed by atoms with Crippen LogP contribution in [-0.4, -0.2) is 38.7 Å². The summed E-state index contributed by atoms with van der Waals surface area (Å²) in [6.07, 6.45) is 3.05. The number of piperidine rings is 1. The number of thiophene rings is 1. The first-order chi connectivity index (χ1) is 10.6. The second-order valence-electron chi connectivity index (χ2n) is 5.82. The molecule has 1 aliphatic heterocycles. The van der Waals surface area contributed by atoms with E-state index in [2.05, 4.69) is 23.1 Å². The molecule has 2 aromatic heterocycles. The van der Waals surface area contributed by atoms with Gasteiger partial charge in [0.05, 0.1) is 10.9 Å². The van der Waals surface area contributed by atoms with Gasteiger partial charge in [-0.3, -0.25) is 4.79 Å². The smallest absolute Gasteiger partial charge is 0.263 e. The molecule has 0 saturated carbocycles. The molecule has 5 nitrogen and oxygen atoms in total. The van der Waals surface area contributed by atoms with Crippen molar-refractivity contribution in [3.05, 3.63) is 33.5 Å². The number of nitrogens with zero attached hydrogens (tertiary/aromatic N) is 4. The van der Waals surface area contributed by atoms with Crippen LogP contribution in [0.4, 0.5) is 0 Å². The van der Waals surface area contributed by atoms with Gasteiger partial charge in [-0.05, 0) is 45.2 Å². The highest BCUT2D eigenvalue weighted by molar-refractivity contribution is 7.14. The van der Waals surface area contributed by atoms with Crippen molar-refractivity contribution in [1.29, 1.82) is 0 Å². The highest BCUT2D eigenvalue weighted by Gasteiger charge is 2.27. The van der Waals surface area contributed by atoms with Crippen molar-refractivity contribution in [3.8, 4) is 0 Å². The van der Waals surface area contributed by atoms with E-state index < -0.39 is 0 Å². The molecule has 0 spiro atoms. The quantitative estimate of drug-likeness (QED) is 0.874. The normalized spacial score (nSPS) is 18.7. The summed E-state index contributed by atoms with van der Waals surface area (Å²) in [4.78, 5) is 21.1. The lowest BCUT2D eigenvalue weighted by atomic mass is 10.1. The van der Waals surface area contributed by atoms with Crippen LogP contribution >= 0.6 is 11.3 Å². The van der Waals surface area contributed by atoms with E-state index >= 15 is 0 Å². The average Bonchev–Trinajstić information content (AvgIpc) is 3.13. The summed E-state index contributed by atoms with van der Waals surface area (Å²) < 4.78 is 1.99. The summed E-state index contributed by atoms with van der Waals surface area (Å²) in [6.45, 7) is 7.57. The van der Waals surface area contributed by atoms with E-state index in [1.807, 2.05) is 29.5 Å². The minimum absolute atomic E-state index is 0.156. The van der Waals surface area contributed by atoms with Crippen LogP contribution in [-0.2, 0) is 6.42 Å². The van der Waals surface area contributed by atoms with Crippen LogP contribution in [0.3, 0.4) is 0 Å². The maximum absolute atomic E-state index is 12.7. The van der Waals surface area contributed by atoms with Gasteiger partial charge in [0.1, 0.15) is 11.6 Å². The van der Waals surface area contributed by atoms with Gasteiger partial charge in [-0.15, -0.1) is 11.3 Å². The van der Waals surface area contributed by atoms with E-state index in [0.29, 0.717) is 0 Å². The number of aromatic nitrogens is 3. The Morgan fingerprint density at radius 2 is 2.23 bits per heavy atom. The van der Waals surface area contributed by atoms with Gasteiger partial charge in [-0.2, -0.15) is 5.10 Å². The third-order valence-corrected chi connectivity index (χ3v) is 5.38. The Kier molecular flexibility index (Phi) is 4.29. The molecule has 1 saturated heterocycles. The molecule has 3 heterocycles. The first-order valence-corrected chi connectivity index (χ1v) is 8.68. The van der Waals surface area contributed by atoms with Crippen LogP contribution < -0.4 is 0 Å². The number of likely N-dealkylation sites (tertiary alicyclic amines) is 1. The second kappa shape index (κ2) is 6.20. The molecule has 0 radical (unpaired) electrons. The van der Waals surface area contributed by atoms with Crippen LogP contribution in [0, 0.1) is 13.8 Å². The summed E-state index contributed by atoms with van der Waals surface area (Å²) >= 11 is 1.61. The Morgan fingerprint density at radius 1 is 1.41 bits per heavy atom. The number of amides is 1. The van der Waals surface area contributed by atoms with Gasteiger partial charge < -0.3 is 4.90 Å². The maximum Gasteiger partial charge on any atom is 0.263 e. The van der Waals surface area contributed by atoms with Gasteiger partial charge >= 0.3 is 0 Å². The van der Waals surface area contributed by atoms with Gasteiger partial charge in [0.2, 0.25) is 0 Å². The standard InChI is InChI=1S/C16H22N4OS/c1-4-14-7-8-15(22-14)16(21)19-9-5-6-13(10-19)20-12(3)17-11(2)18-20/h7-8,13H,4-6,9-10H2,1-3H3. The van der Waals surface area contributed by atoms with E-state index in [1.165, 1.54) is 4.88 Å². The second-order valence-corrected chi connectivity index (χ2v) is 6.99. The molecule has 3 rings (SSSR count). The highest BCUT2D eigenvalue weighted by Crippen LogP contribution is 2.25. The lowest BCUT2D eigenvalue weighted by Gasteiger charge is -2.32. The summed E-state index contributed by atoms with van der Waals surface area (Å²) in [5.74, 6) is 1.89. The zero-order valence-electron chi connectivity index (χ0n) is 13.4. The maximum atomic E-state index is 12.7. The molecule has 0 aromatic carbocycles. The molecule has 0 N–H and O–H groups in total. The van der Waals surface area contributed by atoms with Gasteiger partial charge in [-0.1, -0.05) is 6.92 Å². The molecule has 0 aliphatic carbocycles. The molecule has 1 fully saturated rings. The predicted molar refractivity (Wildman–Crippen MR) is 87.4 cm³/mol. The number of rotatable bonds is 3. The van der Waals surface area contributed by atoms with Crippen molar-refractivity contribution in [2.75, 3.05) is 13.1 Å². The van der Waals surface area contributed by atoms with Crippen molar-refractivity contribution in [1.82, 2.24) is 19.7 Å². The summed E-state index contributed by atoms with van der Waals surface area (Å²) in [6, 6.07) is 4.26. The number of carbonyl (C=O) groups excluding carboxylic acids is 1. The molecule has 2 aromatic rings. The third kappa shape index (κ3) is 2.92. The molecular formula is C16H22N4OS. The minimum atomic E-state index is 0.156. The lowest BCUT2D eigenvalue weighted by Crippen LogP contribution is -2.40. The number of aryl methyl sites for hydroxylation is 3. The molecule has 0 bridgehead atoms. The molecular weight excluding hydrogens is 296 g/mol. The molecule has 1 amide bonds. The first kappa shape index (κ1) is 15.2. The molecule has 22 heavy (non-hydrogen) atoms. The SMILES string of the molecule is CCc1ccc(C(=O)N2CCCC(n3nc(C)nc3C)C2)s1. The van der Waals surface area contributed by atoms with Crippen molar-refractivity contribution < 1.29 is 4.79 Å². The van der Waals surface area contributed by atoms with Gasteiger partial charge in [0.15, 0.2) is 0 Å². The zero-order valence-corrected chi connectivity index (χ0v) is 14.2. The lowest BCUT2D eigenvalue weighted by molar-refractivity contribution is 0.0676. The zero-order chi connectivity index (χ0) is 15.7. The van der Waals surface area contributed by atoms with Crippen LogP contribution in [0.1, 0.15) is 52.0 Å². The molecule has 118 valence electrons. The van der Waals surface area contributed by atoms with Crippen molar-refractivity contribution in [2.24, 2.45) is 0 Å².